The smallest absolute Gasteiger partial charge is 0.417 e. The summed E-state index contributed by atoms with van der Waals surface area (Å²) < 4.78 is 9.73. The molecule has 0 atom stereocenters. The van der Waals surface area contributed by atoms with Gasteiger partial charge in [0.05, 0.1) is 12.7 Å². The molecule has 0 aliphatic heterocycles. The van der Waals surface area contributed by atoms with Gasteiger partial charge in [-0.25, -0.2) is 9.59 Å². The minimum absolute atomic E-state index is 0.339. The predicted molar refractivity (Wildman–Crippen MR) is 85.7 cm³/mol. The standard InChI is InChI=1S/C16H15NO4S/c1-20-15(18)11-3-7-13(8-4-11)21-16(19)17-12-5-9-14(22-2)10-6-12/h3-10H,1-2H3,(H,17,19). The van der Waals surface area contributed by atoms with Gasteiger partial charge in [-0.3, -0.25) is 5.32 Å². The molecule has 1 N–H and O–H groups in total. The maximum Gasteiger partial charge on any atom is 0.417 e. The molecule has 22 heavy (non-hydrogen) atoms. The minimum atomic E-state index is -0.595. The van der Waals surface area contributed by atoms with E-state index in [-0.39, 0.29) is 0 Å². The molecule has 2 aromatic rings. The van der Waals surface area contributed by atoms with Gasteiger partial charge in [-0.15, -0.1) is 11.8 Å². The van der Waals surface area contributed by atoms with Gasteiger partial charge in [0.1, 0.15) is 5.75 Å². The van der Waals surface area contributed by atoms with E-state index >= 15 is 0 Å². The van der Waals surface area contributed by atoms with Crippen LogP contribution in [-0.4, -0.2) is 25.4 Å². The molecule has 0 bridgehead atoms. The lowest BCUT2D eigenvalue weighted by Crippen LogP contribution is -2.16. The lowest BCUT2D eigenvalue weighted by molar-refractivity contribution is 0.0600. The van der Waals surface area contributed by atoms with Crippen molar-refractivity contribution < 1.29 is 19.1 Å². The first-order chi connectivity index (χ1) is 10.6. The van der Waals surface area contributed by atoms with Crippen molar-refractivity contribution in [1.82, 2.24) is 0 Å². The number of amides is 1. The molecule has 2 aromatic carbocycles. The summed E-state index contributed by atoms with van der Waals surface area (Å²) in [5.74, 6) is -0.101. The summed E-state index contributed by atoms with van der Waals surface area (Å²) in [5.41, 5.74) is 1.04. The van der Waals surface area contributed by atoms with Crippen LogP contribution >= 0.6 is 11.8 Å². The van der Waals surface area contributed by atoms with Gasteiger partial charge >= 0.3 is 12.1 Å². The zero-order valence-corrected chi connectivity index (χ0v) is 13.0. The second-order valence-corrected chi connectivity index (χ2v) is 5.14. The van der Waals surface area contributed by atoms with E-state index in [9.17, 15) is 9.59 Å². The monoisotopic (exact) mass is 317 g/mol. The maximum atomic E-state index is 11.8. The first-order valence-electron chi connectivity index (χ1n) is 6.43. The predicted octanol–water partition coefficient (Wildman–Crippen LogP) is 3.81. The van der Waals surface area contributed by atoms with Gasteiger partial charge in [0.2, 0.25) is 0 Å². The summed E-state index contributed by atoms with van der Waals surface area (Å²) in [6.45, 7) is 0. The van der Waals surface area contributed by atoms with Crippen molar-refractivity contribution in [3.05, 3.63) is 54.1 Å². The molecule has 0 heterocycles. The second kappa shape index (κ2) is 7.51. The Morgan fingerprint density at radius 2 is 1.64 bits per heavy atom. The second-order valence-electron chi connectivity index (χ2n) is 4.26. The number of hydrogen-bond donors (Lipinski definition) is 1. The van der Waals surface area contributed by atoms with E-state index in [2.05, 4.69) is 10.1 Å². The number of methoxy groups -OCH3 is 1. The van der Waals surface area contributed by atoms with Crippen LogP contribution in [0.2, 0.25) is 0 Å². The van der Waals surface area contributed by atoms with Crippen LogP contribution in [0.5, 0.6) is 5.75 Å². The molecule has 2 rings (SSSR count). The first-order valence-corrected chi connectivity index (χ1v) is 7.66. The van der Waals surface area contributed by atoms with E-state index in [0.29, 0.717) is 17.0 Å². The zero-order chi connectivity index (χ0) is 15.9. The van der Waals surface area contributed by atoms with Gasteiger partial charge in [0, 0.05) is 10.6 Å². The summed E-state index contributed by atoms with van der Waals surface area (Å²) in [5, 5.41) is 2.63. The van der Waals surface area contributed by atoms with Gasteiger partial charge in [-0.1, -0.05) is 0 Å². The number of thioether (sulfide) groups is 1. The third-order valence-electron chi connectivity index (χ3n) is 2.82. The van der Waals surface area contributed by atoms with Crippen molar-refractivity contribution in [3.63, 3.8) is 0 Å². The van der Waals surface area contributed by atoms with Crippen LogP contribution in [0.3, 0.4) is 0 Å². The maximum absolute atomic E-state index is 11.8. The number of carbonyl (C=O) groups is 2. The molecular weight excluding hydrogens is 302 g/mol. The number of hydrogen-bond acceptors (Lipinski definition) is 5. The molecule has 0 saturated carbocycles. The van der Waals surface area contributed by atoms with E-state index in [0.717, 1.165) is 4.90 Å². The van der Waals surface area contributed by atoms with Crippen LogP contribution < -0.4 is 10.1 Å². The number of carbonyl (C=O) groups excluding carboxylic acids is 2. The fraction of sp³-hybridized carbons (Fsp3) is 0.125. The third-order valence-corrected chi connectivity index (χ3v) is 3.57. The van der Waals surface area contributed by atoms with Gasteiger partial charge < -0.3 is 9.47 Å². The molecule has 0 spiro atoms. The number of nitrogens with one attached hydrogen (secondary N) is 1. The molecule has 0 aromatic heterocycles. The van der Waals surface area contributed by atoms with Crippen molar-refractivity contribution in [1.29, 1.82) is 0 Å². The van der Waals surface area contributed by atoms with Gasteiger partial charge in [0.15, 0.2) is 0 Å². The molecule has 0 aliphatic rings. The summed E-state index contributed by atoms with van der Waals surface area (Å²) in [6, 6.07) is 13.5. The lowest BCUT2D eigenvalue weighted by atomic mass is 10.2. The fourth-order valence-corrected chi connectivity index (χ4v) is 2.11. The topological polar surface area (TPSA) is 64.6 Å². The Labute approximate surface area is 132 Å². The van der Waals surface area contributed by atoms with E-state index < -0.39 is 12.1 Å². The summed E-state index contributed by atoms with van der Waals surface area (Å²) in [6.07, 6.45) is 1.39. The fourth-order valence-electron chi connectivity index (χ4n) is 1.70. The minimum Gasteiger partial charge on any atom is -0.465 e. The Balaban J connectivity index is 1.94. The highest BCUT2D eigenvalue weighted by Crippen LogP contribution is 2.18. The first kappa shape index (κ1) is 15.9. The van der Waals surface area contributed by atoms with E-state index in [4.69, 9.17) is 4.74 Å². The SMILES string of the molecule is COC(=O)c1ccc(OC(=O)Nc2ccc(SC)cc2)cc1. The van der Waals surface area contributed by atoms with Crippen molar-refractivity contribution in [2.24, 2.45) is 0 Å². The van der Waals surface area contributed by atoms with Crippen molar-refractivity contribution in [2.75, 3.05) is 18.7 Å². The van der Waals surface area contributed by atoms with Gasteiger partial charge in [0.25, 0.3) is 0 Å². The van der Waals surface area contributed by atoms with Crippen LogP contribution in [0.4, 0.5) is 10.5 Å². The Bertz CT molecular complexity index is 653. The molecule has 1 amide bonds. The number of esters is 1. The molecule has 0 aliphatic carbocycles. The molecule has 114 valence electrons. The number of ether oxygens (including phenoxy) is 2. The lowest BCUT2D eigenvalue weighted by Gasteiger charge is -2.07. The summed E-state index contributed by atoms with van der Waals surface area (Å²) in [4.78, 5) is 24.2. The Morgan fingerprint density at radius 3 is 2.18 bits per heavy atom. The molecule has 0 saturated heterocycles. The van der Waals surface area contributed by atoms with Crippen LogP contribution in [0, 0.1) is 0 Å². The highest BCUT2D eigenvalue weighted by molar-refractivity contribution is 7.98. The van der Waals surface area contributed by atoms with Crippen LogP contribution in [0.25, 0.3) is 0 Å². The van der Waals surface area contributed by atoms with Crippen LogP contribution in [-0.2, 0) is 4.74 Å². The van der Waals surface area contributed by atoms with Crippen LogP contribution in [0.15, 0.2) is 53.4 Å². The molecule has 5 nitrogen and oxygen atoms in total. The van der Waals surface area contributed by atoms with Gasteiger partial charge in [-0.2, -0.15) is 0 Å². The van der Waals surface area contributed by atoms with Crippen molar-refractivity contribution >= 4 is 29.5 Å². The Hall–Kier alpha value is -2.47. The van der Waals surface area contributed by atoms with Crippen molar-refractivity contribution in [3.8, 4) is 5.75 Å². The van der Waals surface area contributed by atoms with E-state index in [1.54, 1.807) is 23.9 Å². The van der Waals surface area contributed by atoms with E-state index in [1.807, 2.05) is 18.4 Å². The average Bonchev–Trinajstić information content (AvgIpc) is 2.55. The van der Waals surface area contributed by atoms with Gasteiger partial charge in [-0.05, 0) is 54.8 Å². The largest absolute Gasteiger partial charge is 0.465 e. The Kier molecular flexibility index (Phi) is 5.43. The Morgan fingerprint density at radius 1 is 1.00 bits per heavy atom. The van der Waals surface area contributed by atoms with Crippen LogP contribution in [0.1, 0.15) is 10.4 Å². The molecule has 0 fully saturated rings. The normalized spacial score (nSPS) is 9.91. The number of benzene rings is 2. The number of anilines is 1. The highest BCUT2D eigenvalue weighted by atomic mass is 32.2. The highest BCUT2D eigenvalue weighted by Gasteiger charge is 2.08. The zero-order valence-electron chi connectivity index (χ0n) is 12.2. The molecule has 0 unspecified atom stereocenters. The summed E-state index contributed by atoms with van der Waals surface area (Å²) in [7, 11) is 1.31. The van der Waals surface area contributed by atoms with E-state index in [1.165, 1.54) is 31.4 Å². The molecule has 0 radical (unpaired) electrons. The quantitative estimate of drug-likeness (QED) is 0.686. The third kappa shape index (κ3) is 4.26. The van der Waals surface area contributed by atoms with Crippen molar-refractivity contribution in [2.45, 2.75) is 4.90 Å². The molecular formula is C16H15NO4S. The average molecular weight is 317 g/mol. The molecule has 6 heteroatoms. The summed E-state index contributed by atoms with van der Waals surface area (Å²) >= 11 is 1.62. The number of rotatable bonds is 4.